The first kappa shape index (κ1) is 17.5. The van der Waals surface area contributed by atoms with Gasteiger partial charge in [-0.05, 0) is 42.8 Å². The zero-order valence-corrected chi connectivity index (χ0v) is 15.9. The van der Waals surface area contributed by atoms with Crippen LogP contribution in [0.15, 0.2) is 45.7 Å². The molecule has 3 rings (SSSR count). The third-order valence-corrected chi connectivity index (χ3v) is 6.55. The van der Waals surface area contributed by atoms with Crippen molar-refractivity contribution in [2.24, 2.45) is 11.4 Å². The molecule has 0 fully saturated rings. The van der Waals surface area contributed by atoms with Gasteiger partial charge in [0, 0.05) is 7.05 Å². The summed E-state index contributed by atoms with van der Waals surface area (Å²) in [6.07, 6.45) is 0. The fraction of sp³-hybridized carbons (Fsp3) is 0.235. The highest BCUT2D eigenvalue weighted by Crippen LogP contribution is 2.30. The van der Waals surface area contributed by atoms with Gasteiger partial charge in [0.25, 0.3) is 10.0 Å². The third-order valence-electron chi connectivity index (χ3n) is 3.88. The van der Waals surface area contributed by atoms with Gasteiger partial charge >= 0.3 is 0 Å². The summed E-state index contributed by atoms with van der Waals surface area (Å²) in [7, 11) is 1.08. The van der Waals surface area contributed by atoms with Crippen molar-refractivity contribution in [3.63, 3.8) is 0 Å². The van der Waals surface area contributed by atoms with Gasteiger partial charge in [0.1, 0.15) is 17.0 Å². The maximum atomic E-state index is 12.6. The van der Waals surface area contributed by atoms with Gasteiger partial charge in [0.05, 0.1) is 23.8 Å². The van der Waals surface area contributed by atoms with Crippen molar-refractivity contribution in [1.29, 1.82) is 0 Å². The minimum atomic E-state index is -3.82. The summed E-state index contributed by atoms with van der Waals surface area (Å²) in [6, 6.07) is 9.97. The SMILES string of the molecule is COc1ccc(S(=O)(=O)/N=c2\sc3c(C)ccc(OC)c3n2C)cc1. The summed E-state index contributed by atoms with van der Waals surface area (Å²) in [5.41, 5.74) is 1.87. The molecule has 6 nitrogen and oxygen atoms in total. The van der Waals surface area contributed by atoms with Crippen LogP contribution in [-0.4, -0.2) is 27.2 Å². The van der Waals surface area contributed by atoms with Crippen LogP contribution >= 0.6 is 11.3 Å². The van der Waals surface area contributed by atoms with Gasteiger partial charge in [-0.25, -0.2) is 0 Å². The number of nitrogens with zero attached hydrogens (tertiary/aromatic N) is 2. The summed E-state index contributed by atoms with van der Waals surface area (Å²) in [5, 5.41) is 0. The molecule has 0 aliphatic carbocycles. The number of aryl methyl sites for hydroxylation is 2. The molecule has 0 atom stereocenters. The van der Waals surface area contributed by atoms with Crippen molar-refractivity contribution in [2.75, 3.05) is 14.2 Å². The van der Waals surface area contributed by atoms with Crippen LogP contribution < -0.4 is 14.3 Å². The normalized spacial score (nSPS) is 12.6. The van der Waals surface area contributed by atoms with E-state index in [2.05, 4.69) is 4.40 Å². The van der Waals surface area contributed by atoms with E-state index in [0.29, 0.717) is 16.3 Å². The zero-order chi connectivity index (χ0) is 18.2. The third kappa shape index (κ3) is 3.14. The Morgan fingerprint density at radius 3 is 2.32 bits per heavy atom. The van der Waals surface area contributed by atoms with Crippen LogP contribution in [0.1, 0.15) is 5.56 Å². The predicted octanol–water partition coefficient (Wildman–Crippen LogP) is 2.86. The molecule has 0 spiro atoms. The monoisotopic (exact) mass is 378 g/mol. The molecule has 3 aromatic rings. The lowest BCUT2D eigenvalue weighted by Crippen LogP contribution is -2.14. The van der Waals surface area contributed by atoms with E-state index in [1.165, 1.54) is 30.6 Å². The standard InChI is InChI=1S/C17H18N2O4S2/c1-11-5-10-14(23-4)15-16(11)24-17(19(15)2)18-25(20,21)13-8-6-12(22-3)7-9-13/h5-10H,1-4H3/b18-17-. The van der Waals surface area contributed by atoms with E-state index in [1.54, 1.807) is 30.9 Å². The van der Waals surface area contributed by atoms with Crippen LogP contribution in [0.25, 0.3) is 10.2 Å². The van der Waals surface area contributed by atoms with E-state index < -0.39 is 10.0 Å². The average molecular weight is 378 g/mol. The first-order valence-electron chi connectivity index (χ1n) is 7.45. The second-order valence-electron chi connectivity index (χ2n) is 5.45. The Morgan fingerprint density at radius 2 is 1.72 bits per heavy atom. The first-order chi connectivity index (χ1) is 11.9. The van der Waals surface area contributed by atoms with Crippen molar-refractivity contribution < 1.29 is 17.9 Å². The molecule has 1 aromatic heterocycles. The quantitative estimate of drug-likeness (QED) is 0.700. The second-order valence-corrected chi connectivity index (χ2v) is 8.03. The minimum absolute atomic E-state index is 0.120. The Labute approximate surface area is 150 Å². The number of hydrogen-bond donors (Lipinski definition) is 0. The number of rotatable bonds is 4. The summed E-state index contributed by atoms with van der Waals surface area (Å²) in [5.74, 6) is 1.27. The molecule has 0 bridgehead atoms. The molecule has 0 saturated carbocycles. The molecule has 132 valence electrons. The number of ether oxygens (including phenoxy) is 2. The zero-order valence-electron chi connectivity index (χ0n) is 14.3. The number of hydrogen-bond acceptors (Lipinski definition) is 5. The summed E-state index contributed by atoms with van der Waals surface area (Å²) in [4.78, 5) is 0.507. The van der Waals surface area contributed by atoms with E-state index in [4.69, 9.17) is 9.47 Å². The number of thiazole rings is 1. The van der Waals surface area contributed by atoms with E-state index in [0.717, 1.165) is 15.8 Å². The number of sulfonamides is 1. The number of aromatic nitrogens is 1. The number of methoxy groups -OCH3 is 2. The van der Waals surface area contributed by atoms with Gasteiger partial charge in [0.15, 0.2) is 0 Å². The number of fused-ring (bicyclic) bond motifs is 1. The lowest BCUT2D eigenvalue weighted by Gasteiger charge is -2.05. The van der Waals surface area contributed by atoms with Crippen molar-refractivity contribution in [3.05, 3.63) is 46.8 Å². The Kier molecular flexibility index (Phi) is 4.57. The predicted molar refractivity (Wildman–Crippen MR) is 97.8 cm³/mol. The van der Waals surface area contributed by atoms with Crippen molar-refractivity contribution >= 4 is 31.6 Å². The van der Waals surface area contributed by atoms with Gasteiger partial charge in [-0.2, -0.15) is 8.42 Å². The molecule has 0 N–H and O–H groups in total. The van der Waals surface area contributed by atoms with Gasteiger partial charge in [-0.1, -0.05) is 17.4 Å². The molecular weight excluding hydrogens is 360 g/mol. The summed E-state index contributed by atoms with van der Waals surface area (Å²) >= 11 is 1.32. The topological polar surface area (TPSA) is 69.9 Å². The van der Waals surface area contributed by atoms with Crippen molar-refractivity contribution in [3.8, 4) is 11.5 Å². The molecule has 0 unspecified atom stereocenters. The van der Waals surface area contributed by atoms with Gasteiger partial charge < -0.3 is 14.0 Å². The van der Waals surface area contributed by atoms with E-state index >= 15 is 0 Å². The Hall–Kier alpha value is -2.32. The van der Waals surface area contributed by atoms with E-state index in [-0.39, 0.29) is 4.90 Å². The van der Waals surface area contributed by atoms with Crippen LogP contribution in [0, 0.1) is 6.92 Å². The highest BCUT2D eigenvalue weighted by atomic mass is 32.2. The highest BCUT2D eigenvalue weighted by molar-refractivity contribution is 7.90. The first-order valence-corrected chi connectivity index (χ1v) is 9.71. The van der Waals surface area contributed by atoms with Crippen LogP contribution in [0.3, 0.4) is 0 Å². The van der Waals surface area contributed by atoms with E-state index in [1.807, 2.05) is 19.1 Å². The molecule has 0 aliphatic rings. The Balaban J connectivity index is 2.20. The minimum Gasteiger partial charge on any atom is -0.497 e. The van der Waals surface area contributed by atoms with Crippen molar-refractivity contribution in [1.82, 2.24) is 4.57 Å². The fourth-order valence-electron chi connectivity index (χ4n) is 2.50. The average Bonchev–Trinajstić information content (AvgIpc) is 2.93. The van der Waals surface area contributed by atoms with Crippen LogP contribution in [0.4, 0.5) is 0 Å². The molecule has 1 heterocycles. The fourth-order valence-corrected chi connectivity index (χ4v) is 4.83. The molecule has 0 radical (unpaired) electrons. The Bertz CT molecular complexity index is 1090. The molecule has 0 amide bonds. The Morgan fingerprint density at radius 1 is 1.04 bits per heavy atom. The van der Waals surface area contributed by atoms with Gasteiger partial charge in [0.2, 0.25) is 4.80 Å². The van der Waals surface area contributed by atoms with Gasteiger partial charge in [-0.15, -0.1) is 4.40 Å². The molecule has 0 saturated heterocycles. The summed E-state index contributed by atoms with van der Waals surface area (Å²) in [6.45, 7) is 1.97. The summed E-state index contributed by atoms with van der Waals surface area (Å²) < 4.78 is 42.4. The molecule has 8 heteroatoms. The maximum absolute atomic E-state index is 12.6. The lowest BCUT2D eigenvalue weighted by molar-refractivity contribution is 0.414. The molecule has 25 heavy (non-hydrogen) atoms. The van der Waals surface area contributed by atoms with Crippen LogP contribution in [0.5, 0.6) is 11.5 Å². The molecule has 2 aromatic carbocycles. The second kappa shape index (κ2) is 6.53. The molecular formula is C17H18N2O4S2. The van der Waals surface area contributed by atoms with Crippen LogP contribution in [0.2, 0.25) is 0 Å². The maximum Gasteiger partial charge on any atom is 0.285 e. The van der Waals surface area contributed by atoms with E-state index in [9.17, 15) is 8.42 Å². The van der Waals surface area contributed by atoms with Crippen molar-refractivity contribution in [2.45, 2.75) is 11.8 Å². The molecule has 0 aliphatic heterocycles. The smallest absolute Gasteiger partial charge is 0.285 e. The number of benzene rings is 2. The lowest BCUT2D eigenvalue weighted by atomic mass is 10.2. The largest absolute Gasteiger partial charge is 0.497 e. The van der Waals surface area contributed by atoms with Gasteiger partial charge in [-0.3, -0.25) is 0 Å². The van der Waals surface area contributed by atoms with Crippen LogP contribution in [-0.2, 0) is 17.1 Å². The highest BCUT2D eigenvalue weighted by Gasteiger charge is 2.16.